The minimum Gasteiger partial charge on any atom is -0.324 e. The van der Waals surface area contributed by atoms with Gasteiger partial charge in [0.25, 0.3) is 0 Å². The smallest absolute Gasteiger partial charge is 0.241 e. The Balaban J connectivity index is 1.96. The SMILES string of the molecule is CSc1ccccc1NC(=O)CN(C)[C@@H](C)C(=O)Nc1c(C)nn(C)c1C. The number of likely N-dealkylation sites (N-methyl/N-ethyl adjacent to an activating group) is 1. The number of amides is 2. The Kier molecular flexibility index (Phi) is 7.04. The highest BCUT2D eigenvalue weighted by atomic mass is 32.2. The molecule has 2 amide bonds. The Morgan fingerprint density at radius 1 is 1.26 bits per heavy atom. The molecule has 2 aromatic rings. The molecule has 146 valence electrons. The Labute approximate surface area is 164 Å². The summed E-state index contributed by atoms with van der Waals surface area (Å²) in [5, 5.41) is 10.1. The van der Waals surface area contributed by atoms with Crippen molar-refractivity contribution in [2.45, 2.75) is 31.7 Å². The van der Waals surface area contributed by atoms with Crippen molar-refractivity contribution in [3.05, 3.63) is 35.7 Å². The number of hydrogen-bond donors (Lipinski definition) is 2. The molecule has 7 nitrogen and oxygen atoms in total. The van der Waals surface area contributed by atoms with Gasteiger partial charge in [-0.2, -0.15) is 5.10 Å². The van der Waals surface area contributed by atoms with Gasteiger partial charge in [0.1, 0.15) is 0 Å². The monoisotopic (exact) mass is 389 g/mol. The van der Waals surface area contributed by atoms with Gasteiger partial charge in [-0.25, -0.2) is 0 Å². The molecular formula is C19H27N5O2S. The lowest BCUT2D eigenvalue weighted by Gasteiger charge is -2.23. The summed E-state index contributed by atoms with van der Waals surface area (Å²) in [6.07, 6.45) is 1.96. The molecule has 0 spiro atoms. The molecule has 2 N–H and O–H groups in total. The first-order valence-corrected chi connectivity index (χ1v) is 9.91. The van der Waals surface area contributed by atoms with Gasteiger partial charge in [-0.15, -0.1) is 11.8 Å². The normalized spacial score (nSPS) is 12.1. The second-order valence-corrected chi connectivity index (χ2v) is 7.35. The van der Waals surface area contributed by atoms with Crippen LogP contribution in [0.4, 0.5) is 11.4 Å². The standard InChI is InChI=1S/C19H27N5O2S/c1-12-18(13(2)24(5)22-12)21-19(26)14(3)23(4)11-17(25)20-15-9-7-8-10-16(15)27-6/h7-10,14H,11H2,1-6H3,(H,20,25)(H,21,26)/t14-/m0/s1. The number of benzene rings is 1. The number of thioether (sulfide) groups is 1. The molecule has 1 heterocycles. The van der Waals surface area contributed by atoms with E-state index in [1.54, 1.807) is 35.3 Å². The van der Waals surface area contributed by atoms with Gasteiger partial charge < -0.3 is 10.6 Å². The van der Waals surface area contributed by atoms with Crippen LogP contribution >= 0.6 is 11.8 Å². The van der Waals surface area contributed by atoms with E-state index in [-0.39, 0.29) is 18.4 Å². The number of aromatic nitrogens is 2. The highest BCUT2D eigenvalue weighted by Gasteiger charge is 2.22. The van der Waals surface area contributed by atoms with E-state index in [2.05, 4.69) is 15.7 Å². The number of carbonyl (C=O) groups excluding carboxylic acids is 2. The predicted molar refractivity (Wildman–Crippen MR) is 110 cm³/mol. The molecule has 0 saturated heterocycles. The highest BCUT2D eigenvalue weighted by molar-refractivity contribution is 7.98. The molecule has 1 aromatic carbocycles. The van der Waals surface area contributed by atoms with Crippen molar-refractivity contribution in [3.63, 3.8) is 0 Å². The molecule has 1 aromatic heterocycles. The average Bonchev–Trinajstić information content (AvgIpc) is 2.87. The van der Waals surface area contributed by atoms with Crippen LogP contribution < -0.4 is 10.6 Å². The molecule has 0 fully saturated rings. The third-order valence-corrected chi connectivity index (χ3v) is 5.37. The van der Waals surface area contributed by atoms with E-state index in [1.807, 2.05) is 51.4 Å². The van der Waals surface area contributed by atoms with Crippen LogP contribution in [0.5, 0.6) is 0 Å². The maximum Gasteiger partial charge on any atom is 0.241 e. The molecule has 8 heteroatoms. The van der Waals surface area contributed by atoms with Crippen molar-refractivity contribution < 1.29 is 9.59 Å². The number of nitrogens with zero attached hydrogens (tertiary/aromatic N) is 3. The maximum atomic E-state index is 12.6. The lowest BCUT2D eigenvalue weighted by molar-refractivity contribution is -0.122. The van der Waals surface area contributed by atoms with Gasteiger partial charge >= 0.3 is 0 Å². The van der Waals surface area contributed by atoms with Gasteiger partial charge in [0.2, 0.25) is 11.8 Å². The van der Waals surface area contributed by atoms with Gasteiger partial charge in [-0.1, -0.05) is 12.1 Å². The number of rotatable bonds is 7. The summed E-state index contributed by atoms with van der Waals surface area (Å²) in [6.45, 7) is 5.65. The van der Waals surface area contributed by atoms with Crippen molar-refractivity contribution in [1.29, 1.82) is 0 Å². The van der Waals surface area contributed by atoms with Crippen LogP contribution in [0.2, 0.25) is 0 Å². The number of para-hydroxylation sites is 1. The lowest BCUT2D eigenvalue weighted by Crippen LogP contribution is -2.43. The fourth-order valence-electron chi connectivity index (χ4n) is 2.68. The zero-order chi connectivity index (χ0) is 20.1. The van der Waals surface area contributed by atoms with E-state index in [9.17, 15) is 9.59 Å². The summed E-state index contributed by atoms with van der Waals surface area (Å²) >= 11 is 1.57. The fourth-order valence-corrected chi connectivity index (χ4v) is 3.24. The van der Waals surface area contributed by atoms with Crippen LogP contribution in [0.1, 0.15) is 18.3 Å². The summed E-state index contributed by atoms with van der Waals surface area (Å²) in [5.41, 5.74) is 3.16. The second kappa shape index (κ2) is 9.05. The Bertz CT molecular complexity index is 834. The van der Waals surface area contributed by atoms with E-state index in [4.69, 9.17) is 0 Å². The van der Waals surface area contributed by atoms with Gasteiger partial charge in [0, 0.05) is 11.9 Å². The number of nitrogens with one attached hydrogen (secondary N) is 2. The lowest BCUT2D eigenvalue weighted by atomic mass is 10.2. The van der Waals surface area contributed by atoms with Crippen LogP contribution in [0.3, 0.4) is 0 Å². The van der Waals surface area contributed by atoms with Crippen molar-refractivity contribution in [2.24, 2.45) is 7.05 Å². The molecule has 27 heavy (non-hydrogen) atoms. The van der Waals surface area contributed by atoms with Crippen LogP contribution in [0, 0.1) is 13.8 Å². The van der Waals surface area contributed by atoms with E-state index in [0.717, 1.165) is 27.7 Å². The van der Waals surface area contributed by atoms with Crippen LogP contribution in [0.15, 0.2) is 29.2 Å². The highest BCUT2D eigenvalue weighted by Crippen LogP contribution is 2.24. The molecule has 0 unspecified atom stereocenters. The third-order valence-electron chi connectivity index (χ3n) is 4.57. The Morgan fingerprint density at radius 2 is 1.93 bits per heavy atom. The topological polar surface area (TPSA) is 79.3 Å². The quantitative estimate of drug-likeness (QED) is 0.712. The molecular weight excluding hydrogens is 362 g/mol. The minimum atomic E-state index is -0.467. The van der Waals surface area contributed by atoms with E-state index in [1.165, 1.54) is 0 Å². The number of carbonyl (C=O) groups is 2. The molecule has 0 aliphatic carbocycles. The van der Waals surface area contributed by atoms with Crippen LogP contribution in [0.25, 0.3) is 0 Å². The first-order chi connectivity index (χ1) is 12.7. The maximum absolute atomic E-state index is 12.6. The van der Waals surface area contributed by atoms with Crippen molar-refractivity contribution >= 4 is 35.0 Å². The number of hydrogen-bond acceptors (Lipinski definition) is 5. The molecule has 1 atom stereocenters. The van der Waals surface area contributed by atoms with Gasteiger partial charge in [-0.05, 0) is 46.2 Å². The first kappa shape index (κ1) is 21.0. The zero-order valence-corrected chi connectivity index (χ0v) is 17.5. The summed E-state index contributed by atoms with van der Waals surface area (Å²) in [5.74, 6) is -0.332. The van der Waals surface area contributed by atoms with E-state index in [0.29, 0.717) is 0 Å². The molecule has 2 rings (SSSR count). The molecule has 0 aliphatic heterocycles. The van der Waals surface area contributed by atoms with Crippen molar-refractivity contribution in [3.8, 4) is 0 Å². The fraction of sp³-hybridized carbons (Fsp3) is 0.421. The number of aryl methyl sites for hydroxylation is 2. The number of anilines is 2. The summed E-state index contributed by atoms with van der Waals surface area (Å²) in [6, 6.07) is 7.17. The van der Waals surface area contributed by atoms with E-state index >= 15 is 0 Å². The molecule has 0 aliphatic rings. The van der Waals surface area contributed by atoms with Crippen molar-refractivity contribution in [2.75, 3.05) is 30.5 Å². The molecule has 0 bridgehead atoms. The largest absolute Gasteiger partial charge is 0.324 e. The minimum absolute atomic E-state index is 0.113. The van der Waals surface area contributed by atoms with Crippen molar-refractivity contribution in [1.82, 2.24) is 14.7 Å². The summed E-state index contributed by atoms with van der Waals surface area (Å²) in [7, 11) is 3.59. The predicted octanol–water partition coefficient (Wildman–Crippen LogP) is 2.66. The second-order valence-electron chi connectivity index (χ2n) is 6.50. The van der Waals surface area contributed by atoms with Gasteiger partial charge in [0.15, 0.2) is 0 Å². The third kappa shape index (κ3) is 5.11. The van der Waals surface area contributed by atoms with Gasteiger partial charge in [-0.3, -0.25) is 19.2 Å². The Hall–Kier alpha value is -2.32. The van der Waals surface area contributed by atoms with Gasteiger partial charge in [0.05, 0.1) is 35.3 Å². The first-order valence-electron chi connectivity index (χ1n) is 8.68. The Morgan fingerprint density at radius 3 is 2.52 bits per heavy atom. The molecule has 0 radical (unpaired) electrons. The summed E-state index contributed by atoms with van der Waals surface area (Å²) < 4.78 is 1.73. The zero-order valence-electron chi connectivity index (χ0n) is 16.7. The van der Waals surface area contributed by atoms with Crippen LogP contribution in [-0.2, 0) is 16.6 Å². The van der Waals surface area contributed by atoms with Crippen LogP contribution in [-0.4, -0.2) is 52.4 Å². The average molecular weight is 390 g/mol. The van der Waals surface area contributed by atoms with E-state index < -0.39 is 6.04 Å². The summed E-state index contributed by atoms with van der Waals surface area (Å²) in [4.78, 5) is 27.7. The molecule has 0 saturated carbocycles.